The number of ketones is 1. The van der Waals surface area contributed by atoms with Gasteiger partial charge in [-0.25, -0.2) is 0 Å². The molecule has 0 saturated carbocycles. The number of hydrogen-bond acceptors (Lipinski definition) is 2. The number of aryl methyl sites for hydroxylation is 1. The van der Waals surface area contributed by atoms with Gasteiger partial charge in [-0.1, -0.05) is 30.7 Å². The SMILES string of the molecule is CCc1ccc(C(=O)c2ccccc2Cl)o1. The summed E-state index contributed by atoms with van der Waals surface area (Å²) < 4.78 is 5.40. The lowest BCUT2D eigenvalue weighted by atomic mass is 10.1. The fraction of sp³-hybridized carbons (Fsp3) is 0.154. The minimum absolute atomic E-state index is 0.176. The van der Waals surface area contributed by atoms with E-state index in [1.54, 1.807) is 30.3 Å². The van der Waals surface area contributed by atoms with Crippen LogP contribution < -0.4 is 0 Å². The van der Waals surface area contributed by atoms with E-state index in [4.69, 9.17) is 16.0 Å². The minimum Gasteiger partial charge on any atom is -0.458 e. The second kappa shape index (κ2) is 4.54. The van der Waals surface area contributed by atoms with Gasteiger partial charge in [-0.3, -0.25) is 4.79 Å². The van der Waals surface area contributed by atoms with Gasteiger partial charge in [-0.15, -0.1) is 0 Å². The summed E-state index contributed by atoms with van der Waals surface area (Å²) in [6.07, 6.45) is 0.774. The highest BCUT2D eigenvalue weighted by Gasteiger charge is 2.15. The van der Waals surface area contributed by atoms with E-state index in [1.165, 1.54) is 0 Å². The Morgan fingerprint density at radius 3 is 2.62 bits per heavy atom. The van der Waals surface area contributed by atoms with Crippen LogP contribution in [0.3, 0.4) is 0 Å². The summed E-state index contributed by atoms with van der Waals surface area (Å²) in [4.78, 5) is 12.0. The number of hydrogen-bond donors (Lipinski definition) is 0. The van der Waals surface area contributed by atoms with Crippen molar-refractivity contribution in [3.05, 3.63) is 58.5 Å². The van der Waals surface area contributed by atoms with Gasteiger partial charge in [-0.2, -0.15) is 0 Å². The van der Waals surface area contributed by atoms with Crippen LogP contribution >= 0.6 is 11.6 Å². The fourth-order valence-electron chi connectivity index (χ4n) is 1.47. The third-order valence-electron chi connectivity index (χ3n) is 2.35. The standard InChI is InChI=1S/C13H11ClO2/c1-2-9-7-8-12(16-9)13(15)10-5-3-4-6-11(10)14/h3-8H,2H2,1H3. The number of halogens is 1. The maximum Gasteiger partial charge on any atom is 0.229 e. The molecule has 0 atom stereocenters. The zero-order valence-electron chi connectivity index (χ0n) is 8.87. The van der Waals surface area contributed by atoms with Crippen LogP contribution in [0.1, 0.15) is 28.8 Å². The highest BCUT2D eigenvalue weighted by Crippen LogP contribution is 2.20. The molecule has 0 aliphatic rings. The van der Waals surface area contributed by atoms with Gasteiger partial charge in [0.2, 0.25) is 5.78 Å². The molecule has 0 fully saturated rings. The molecule has 0 amide bonds. The summed E-state index contributed by atoms with van der Waals surface area (Å²) in [5.41, 5.74) is 0.473. The van der Waals surface area contributed by atoms with Crippen molar-refractivity contribution < 1.29 is 9.21 Å². The first-order valence-electron chi connectivity index (χ1n) is 5.10. The minimum atomic E-state index is -0.176. The average Bonchev–Trinajstić information content (AvgIpc) is 2.77. The average molecular weight is 235 g/mol. The van der Waals surface area contributed by atoms with E-state index in [0.29, 0.717) is 16.3 Å². The normalized spacial score (nSPS) is 10.4. The largest absolute Gasteiger partial charge is 0.458 e. The molecule has 2 aromatic rings. The van der Waals surface area contributed by atoms with Crippen LogP contribution in [0.2, 0.25) is 5.02 Å². The Morgan fingerprint density at radius 1 is 1.25 bits per heavy atom. The Balaban J connectivity index is 2.35. The molecule has 0 aliphatic carbocycles. The van der Waals surface area contributed by atoms with Gasteiger partial charge < -0.3 is 4.42 Å². The van der Waals surface area contributed by atoms with Crippen LogP contribution in [-0.2, 0) is 6.42 Å². The Hall–Kier alpha value is -1.54. The Kier molecular flexibility index (Phi) is 3.11. The number of benzene rings is 1. The third kappa shape index (κ3) is 2.02. The molecule has 0 bridgehead atoms. The lowest BCUT2D eigenvalue weighted by Gasteiger charge is -1.99. The number of carbonyl (C=O) groups excluding carboxylic acids is 1. The molecule has 0 unspecified atom stereocenters. The van der Waals surface area contributed by atoms with Crippen molar-refractivity contribution in [2.75, 3.05) is 0 Å². The van der Waals surface area contributed by atoms with E-state index in [9.17, 15) is 4.79 Å². The fourth-order valence-corrected chi connectivity index (χ4v) is 1.69. The number of furan rings is 1. The molecule has 16 heavy (non-hydrogen) atoms. The molecule has 82 valence electrons. The van der Waals surface area contributed by atoms with Crippen LogP contribution in [0.4, 0.5) is 0 Å². The van der Waals surface area contributed by atoms with Gasteiger partial charge in [0.15, 0.2) is 5.76 Å². The molecule has 3 heteroatoms. The summed E-state index contributed by atoms with van der Waals surface area (Å²) in [7, 11) is 0. The molecule has 1 heterocycles. The maximum atomic E-state index is 12.0. The molecule has 2 nitrogen and oxygen atoms in total. The third-order valence-corrected chi connectivity index (χ3v) is 2.68. The topological polar surface area (TPSA) is 30.2 Å². The summed E-state index contributed by atoms with van der Waals surface area (Å²) >= 11 is 5.95. The zero-order valence-corrected chi connectivity index (χ0v) is 9.62. The van der Waals surface area contributed by atoms with Crippen LogP contribution in [0.15, 0.2) is 40.8 Å². The predicted octanol–water partition coefficient (Wildman–Crippen LogP) is 3.73. The summed E-state index contributed by atoms with van der Waals surface area (Å²) in [5.74, 6) is 0.964. The molecule has 0 aliphatic heterocycles. The number of carbonyl (C=O) groups is 1. The zero-order chi connectivity index (χ0) is 11.5. The van der Waals surface area contributed by atoms with E-state index in [2.05, 4.69) is 0 Å². The highest BCUT2D eigenvalue weighted by molar-refractivity contribution is 6.34. The molecule has 0 saturated heterocycles. The molecule has 1 aromatic carbocycles. The van der Waals surface area contributed by atoms with Crippen LogP contribution in [0.5, 0.6) is 0 Å². The molecule has 2 rings (SSSR count). The molecular formula is C13H11ClO2. The van der Waals surface area contributed by atoms with Crippen molar-refractivity contribution in [2.24, 2.45) is 0 Å². The second-order valence-corrected chi connectivity index (χ2v) is 3.84. The van der Waals surface area contributed by atoms with E-state index >= 15 is 0 Å². The van der Waals surface area contributed by atoms with Crippen LogP contribution in [0, 0.1) is 0 Å². The molecular weight excluding hydrogens is 224 g/mol. The smallest absolute Gasteiger partial charge is 0.229 e. The first-order valence-corrected chi connectivity index (χ1v) is 5.48. The predicted molar refractivity (Wildman–Crippen MR) is 63.0 cm³/mol. The first kappa shape index (κ1) is 11.0. The quantitative estimate of drug-likeness (QED) is 0.758. The van der Waals surface area contributed by atoms with Crippen LogP contribution in [0.25, 0.3) is 0 Å². The summed E-state index contributed by atoms with van der Waals surface area (Å²) in [5, 5.41) is 0.446. The van der Waals surface area contributed by atoms with Crippen molar-refractivity contribution in [3.8, 4) is 0 Å². The highest BCUT2D eigenvalue weighted by atomic mass is 35.5. The monoisotopic (exact) mass is 234 g/mol. The van der Waals surface area contributed by atoms with E-state index in [-0.39, 0.29) is 5.78 Å². The Bertz CT molecular complexity index is 514. The Labute approximate surface area is 98.8 Å². The summed E-state index contributed by atoms with van der Waals surface area (Å²) in [6, 6.07) is 10.5. The van der Waals surface area contributed by atoms with Gasteiger partial charge in [0, 0.05) is 12.0 Å². The van der Waals surface area contributed by atoms with Crippen molar-refractivity contribution in [1.82, 2.24) is 0 Å². The molecule has 0 N–H and O–H groups in total. The summed E-state index contributed by atoms with van der Waals surface area (Å²) in [6.45, 7) is 1.97. The van der Waals surface area contributed by atoms with Gasteiger partial charge in [0.25, 0.3) is 0 Å². The Morgan fingerprint density at radius 2 is 2.00 bits per heavy atom. The first-order chi connectivity index (χ1) is 7.72. The van der Waals surface area contributed by atoms with Gasteiger partial charge in [0.05, 0.1) is 5.02 Å². The maximum absolute atomic E-state index is 12.0. The molecule has 0 spiro atoms. The molecule has 0 radical (unpaired) electrons. The lowest BCUT2D eigenvalue weighted by molar-refractivity contribution is 0.101. The van der Waals surface area contributed by atoms with Gasteiger partial charge in [-0.05, 0) is 24.3 Å². The van der Waals surface area contributed by atoms with Crippen molar-refractivity contribution >= 4 is 17.4 Å². The van der Waals surface area contributed by atoms with E-state index in [0.717, 1.165) is 12.2 Å². The molecule has 1 aromatic heterocycles. The lowest BCUT2D eigenvalue weighted by Crippen LogP contribution is -2.00. The van der Waals surface area contributed by atoms with Gasteiger partial charge in [0.1, 0.15) is 5.76 Å². The van der Waals surface area contributed by atoms with E-state index < -0.39 is 0 Å². The number of rotatable bonds is 3. The van der Waals surface area contributed by atoms with Crippen LogP contribution in [-0.4, -0.2) is 5.78 Å². The van der Waals surface area contributed by atoms with E-state index in [1.807, 2.05) is 13.0 Å². The van der Waals surface area contributed by atoms with Gasteiger partial charge >= 0.3 is 0 Å². The second-order valence-electron chi connectivity index (χ2n) is 3.43. The van der Waals surface area contributed by atoms with Crippen molar-refractivity contribution in [3.63, 3.8) is 0 Å². The van der Waals surface area contributed by atoms with Crippen molar-refractivity contribution in [1.29, 1.82) is 0 Å². The van der Waals surface area contributed by atoms with Crippen molar-refractivity contribution in [2.45, 2.75) is 13.3 Å².